The molecule has 1 N–H and O–H groups in total. The second-order valence-corrected chi connectivity index (χ2v) is 7.21. The Hall–Kier alpha value is -0.120. The number of hydrogen-bond donors (Lipinski definition) is 1. The fourth-order valence-electron chi connectivity index (χ4n) is 4.22. The summed E-state index contributed by atoms with van der Waals surface area (Å²) in [6.07, 6.45) is 9.68. The van der Waals surface area contributed by atoms with Gasteiger partial charge in [-0.1, -0.05) is 26.7 Å². The first kappa shape index (κ1) is 17.2. The lowest BCUT2D eigenvalue weighted by atomic mass is 9.83. The zero-order valence-electron chi connectivity index (χ0n) is 14.6. The van der Waals surface area contributed by atoms with Crippen LogP contribution in [0.4, 0.5) is 0 Å². The molecular formula is C18H37N3. The number of nitrogens with one attached hydrogen (secondary N) is 1. The summed E-state index contributed by atoms with van der Waals surface area (Å²) in [7, 11) is 2.37. The van der Waals surface area contributed by atoms with Gasteiger partial charge in [0.1, 0.15) is 0 Å². The Balaban J connectivity index is 1.78. The molecule has 0 radical (unpaired) electrons. The second kappa shape index (κ2) is 9.12. The first-order chi connectivity index (χ1) is 10.2. The molecule has 1 aliphatic carbocycles. The highest BCUT2D eigenvalue weighted by Gasteiger charge is 2.28. The third-order valence-electron chi connectivity index (χ3n) is 5.72. The molecule has 2 atom stereocenters. The summed E-state index contributed by atoms with van der Waals surface area (Å²) in [6.45, 7) is 10.9. The van der Waals surface area contributed by atoms with E-state index in [0.29, 0.717) is 0 Å². The van der Waals surface area contributed by atoms with Crippen LogP contribution in [0, 0.1) is 5.92 Å². The van der Waals surface area contributed by atoms with Gasteiger partial charge in [-0.05, 0) is 71.2 Å². The molecular weight excluding hydrogens is 258 g/mol. The van der Waals surface area contributed by atoms with Crippen molar-refractivity contribution in [2.24, 2.45) is 5.92 Å². The minimum Gasteiger partial charge on any atom is -0.314 e. The molecule has 2 aliphatic rings. The fraction of sp³-hybridized carbons (Fsp3) is 1.00. The molecule has 1 saturated carbocycles. The van der Waals surface area contributed by atoms with Crippen LogP contribution >= 0.6 is 0 Å². The predicted octanol–water partition coefficient (Wildman–Crippen LogP) is 2.96. The van der Waals surface area contributed by atoms with E-state index in [1.54, 1.807) is 0 Å². The molecule has 21 heavy (non-hydrogen) atoms. The fourth-order valence-corrected chi connectivity index (χ4v) is 4.22. The monoisotopic (exact) mass is 295 g/mol. The maximum Gasteiger partial charge on any atom is 0.0117 e. The first-order valence-corrected chi connectivity index (χ1v) is 9.40. The standard InChI is InChI=1S/C18H37N3/c1-4-12-19-18-9-7-6-8-16(18)15-20(3)17-10-13-21(5-2)14-11-17/h16-19H,4-15H2,1-3H3. The largest absolute Gasteiger partial charge is 0.314 e. The summed E-state index contributed by atoms with van der Waals surface area (Å²) in [4.78, 5) is 5.28. The maximum atomic E-state index is 3.81. The minimum absolute atomic E-state index is 0.775. The molecule has 3 nitrogen and oxygen atoms in total. The quantitative estimate of drug-likeness (QED) is 0.779. The van der Waals surface area contributed by atoms with Crippen LogP contribution in [0.5, 0.6) is 0 Å². The summed E-state index contributed by atoms with van der Waals surface area (Å²) in [5.74, 6) is 0.875. The van der Waals surface area contributed by atoms with Crippen molar-refractivity contribution in [2.75, 3.05) is 39.8 Å². The molecule has 124 valence electrons. The van der Waals surface area contributed by atoms with Crippen molar-refractivity contribution < 1.29 is 0 Å². The van der Waals surface area contributed by atoms with Crippen LogP contribution in [0.3, 0.4) is 0 Å². The minimum atomic E-state index is 0.775. The SMILES string of the molecule is CCCNC1CCCCC1CN(C)C1CCN(CC)CC1. The van der Waals surface area contributed by atoms with Gasteiger partial charge in [0, 0.05) is 18.6 Å². The van der Waals surface area contributed by atoms with Crippen LogP contribution in [-0.4, -0.2) is 61.7 Å². The number of piperidine rings is 1. The molecule has 2 fully saturated rings. The Morgan fingerprint density at radius 2 is 1.76 bits per heavy atom. The average Bonchev–Trinajstić information content (AvgIpc) is 2.54. The third kappa shape index (κ3) is 5.22. The Morgan fingerprint density at radius 1 is 1.05 bits per heavy atom. The molecule has 3 heteroatoms. The Kier molecular flexibility index (Phi) is 7.48. The molecule has 2 unspecified atom stereocenters. The Bertz CT molecular complexity index is 274. The highest BCUT2D eigenvalue weighted by Crippen LogP contribution is 2.26. The van der Waals surface area contributed by atoms with Crippen molar-refractivity contribution in [3.63, 3.8) is 0 Å². The second-order valence-electron chi connectivity index (χ2n) is 7.21. The van der Waals surface area contributed by atoms with Crippen LogP contribution in [0.2, 0.25) is 0 Å². The molecule has 0 aromatic heterocycles. The topological polar surface area (TPSA) is 18.5 Å². The zero-order valence-corrected chi connectivity index (χ0v) is 14.6. The molecule has 0 aromatic rings. The predicted molar refractivity (Wildman–Crippen MR) is 91.8 cm³/mol. The van der Waals surface area contributed by atoms with Gasteiger partial charge in [0.2, 0.25) is 0 Å². The number of nitrogens with zero attached hydrogens (tertiary/aromatic N) is 2. The van der Waals surface area contributed by atoms with Gasteiger partial charge in [-0.15, -0.1) is 0 Å². The van der Waals surface area contributed by atoms with E-state index in [9.17, 15) is 0 Å². The van der Waals surface area contributed by atoms with Crippen LogP contribution in [-0.2, 0) is 0 Å². The third-order valence-corrected chi connectivity index (χ3v) is 5.72. The lowest BCUT2D eigenvalue weighted by Gasteiger charge is -2.40. The van der Waals surface area contributed by atoms with E-state index in [1.165, 1.54) is 77.7 Å². The van der Waals surface area contributed by atoms with E-state index in [2.05, 4.69) is 36.0 Å². The van der Waals surface area contributed by atoms with Crippen molar-refractivity contribution in [1.82, 2.24) is 15.1 Å². The summed E-state index contributed by atoms with van der Waals surface area (Å²) >= 11 is 0. The number of hydrogen-bond acceptors (Lipinski definition) is 3. The maximum absolute atomic E-state index is 3.81. The molecule has 0 spiro atoms. The van der Waals surface area contributed by atoms with E-state index in [0.717, 1.165) is 18.0 Å². The summed E-state index contributed by atoms with van der Waals surface area (Å²) < 4.78 is 0. The van der Waals surface area contributed by atoms with Crippen LogP contribution in [0.1, 0.15) is 58.8 Å². The van der Waals surface area contributed by atoms with Gasteiger partial charge in [0.25, 0.3) is 0 Å². The van der Waals surface area contributed by atoms with E-state index < -0.39 is 0 Å². The van der Waals surface area contributed by atoms with E-state index in [-0.39, 0.29) is 0 Å². The van der Waals surface area contributed by atoms with E-state index >= 15 is 0 Å². The van der Waals surface area contributed by atoms with Crippen molar-refractivity contribution >= 4 is 0 Å². The van der Waals surface area contributed by atoms with Crippen LogP contribution < -0.4 is 5.32 Å². The highest BCUT2D eigenvalue weighted by atomic mass is 15.2. The smallest absolute Gasteiger partial charge is 0.0117 e. The lowest BCUT2D eigenvalue weighted by molar-refractivity contribution is 0.101. The van der Waals surface area contributed by atoms with Crippen LogP contribution in [0.25, 0.3) is 0 Å². The van der Waals surface area contributed by atoms with Gasteiger partial charge in [0.05, 0.1) is 0 Å². The van der Waals surface area contributed by atoms with Gasteiger partial charge in [-0.25, -0.2) is 0 Å². The Labute approximate surface area is 132 Å². The first-order valence-electron chi connectivity index (χ1n) is 9.40. The van der Waals surface area contributed by atoms with Crippen molar-refractivity contribution in [3.05, 3.63) is 0 Å². The average molecular weight is 296 g/mol. The molecule has 0 aromatic carbocycles. The van der Waals surface area contributed by atoms with Crippen LogP contribution in [0.15, 0.2) is 0 Å². The van der Waals surface area contributed by atoms with Gasteiger partial charge in [0.15, 0.2) is 0 Å². The Morgan fingerprint density at radius 3 is 2.43 bits per heavy atom. The molecule has 1 aliphatic heterocycles. The number of rotatable bonds is 7. The highest BCUT2D eigenvalue weighted by molar-refractivity contribution is 4.85. The van der Waals surface area contributed by atoms with Gasteiger partial charge < -0.3 is 15.1 Å². The molecule has 1 heterocycles. The summed E-state index contributed by atoms with van der Waals surface area (Å²) in [6, 6.07) is 1.60. The normalized spacial score (nSPS) is 29.1. The summed E-state index contributed by atoms with van der Waals surface area (Å²) in [5.41, 5.74) is 0. The summed E-state index contributed by atoms with van der Waals surface area (Å²) in [5, 5.41) is 3.81. The van der Waals surface area contributed by atoms with Crippen molar-refractivity contribution in [2.45, 2.75) is 70.9 Å². The zero-order chi connectivity index (χ0) is 15.1. The van der Waals surface area contributed by atoms with Crippen molar-refractivity contribution in [3.8, 4) is 0 Å². The van der Waals surface area contributed by atoms with Crippen molar-refractivity contribution in [1.29, 1.82) is 0 Å². The molecule has 0 bridgehead atoms. The molecule has 2 rings (SSSR count). The molecule has 1 saturated heterocycles. The lowest BCUT2D eigenvalue weighted by Crippen LogP contribution is -2.48. The van der Waals surface area contributed by atoms with Gasteiger partial charge >= 0.3 is 0 Å². The molecule has 0 amide bonds. The van der Waals surface area contributed by atoms with Gasteiger partial charge in [-0.3, -0.25) is 0 Å². The van der Waals surface area contributed by atoms with Gasteiger partial charge in [-0.2, -0.15) is 0 Å². The van der Waals surface area contributed by atoms with E-state index in [1.807, 2.05) is 0 Å². The van der Waals surface area contributed by atoms with E-state index in [4.69, 9.17) is 0 Å². The number of likely N-dealkylation sites (tertiary alicyclic amines) is 1.